The minimum Gasteiger partial charge on any atom is -0.481 e. The Balaban J connectivity index is 2.21. The fourth-order valence-corrected chi connectivity index (χ4v) is 2.69. The van der Waals surface area contributed by atoms with Crippen LogP contribution in [0.2, 0.25) is 5.02 Å². The first kappa shape index (κ1) is 15.2. The summed E-state index contributed by atoms with van der Waals surface area (Å²) in [6.45, 7) is 0. The van der Waals surface area contributed by atoms with E-state index in [1.165, 1.54) is 12.1 Å². The molecule has 1 aromatic rings. The second-order valence-corrected chi connectivity index (χ2v) is 5.31. The fourth-order valence-electron chi connectivity index (χ4n) is 2.52. The third-order valence-corrected chi connectivity index (χ3v) is 3.79. The summed E-state index contributed by atoms with van der Waals surface area (Å²) in [6.07, 6.45) is 1.73. The van der Waals surface area contributed by atoms with E-state index in [2.05, 4.69) is 5.32 Å². The lowest BCUT2D eigenvalue weighted by Crippen LogP contribution is -2.40. The number of hydrogen-bond acceptors (Lipinski definition) is 4. The van der Waals surface area contributed by atoms with Crippen molar-refractivity contribution in [3.63, 3.8) is 0 Å². The molecule has 1 aromatic carbocycles. The van der Waals surface area contributed by atoms with E-state index in [0.29, 0.717) is 19.3 Å². The van der Waals surface area contributed by atoms with Crippen molar-refractivity contribution in [3.05, 3.63) is 38.9 Å². The number of nitro benzene ring substituents is 1. The Morgan fingerprint density at radius 2 is 2.10 bits per heavy atom. The monoisotopic (exact) mass is 312 g/mol. The highest BCUT2D eigenvalue weighted by Crippen LogP contribution is 2.28. The van der Waals surface area contributed by atoms with Crippen molar-refractivity contribution >= 4 is 29.2 Å². The summed E-state index contributed by atoms with van der Waals surface area (Å²) in [4.78, 5) is 33.5. The fraction of sp³-hybridized carbons (Fsp3) is 0.385. The summed E-state index contributed by atoms with van der Waals surface area (Å²) < 4.78 is 0. The largest absolute Gasteiger partial charge is 0.481 e. The van der Waals surface area contributed by atoms with Crippen molar-refractivity contribution in [2.75, 3.05) is 0 Å². The van der Waals surface area contributed by atoms with E-state index in [0.717, 1.165) is 6.07 Å². The molecule has 7 nitrogen and oxygen atoms in total. The van der Waals surface area contributed by atoms with Gasteiger partial charge in [-0.05, 0) is 25.0 Å². The molecule has 2 rings (SSSR count). The van der Waals surface area contributed by atoms with Crippen LogP contribution in [0.3, 0.4) is 0 Å². The zero-order chi connectivity index (χ0) is 15.6. The SMILES string of the molecule is O=C(N[C@H]1CCC[C@H]1C(=O)O)c1ccc(Cl)cc1[N+](=O)[O-]. The van der Waals surface area contributed by atoms with E-state index in [1.54, 1.807) is 0 Å². The molecule has 0 saturated heterocycles. The Labute approximate surface area is 125 Å². The topological polar surface area (TPSA) is 110 Å². The Bertz CT molecular complexity index is 604. The predicted octanol–water partition coefficient (Wildman–Crippen LogP) is 2.23. The third kappa shape index (κ3) is 3.30. The Morgan fingerprint density at radius 3 is 2.71 bits per heavy atom. The van der Waals surface area contributed by atoms with E-state index in [4.69, 9.17) is 16.7 Å². The van der Waals surface area contributed by atoms with Gasteiger partial charge in [-0.25, -0.2) is 0 Å². The smallest absolute Gasteiger partial charge is 0.308 e. The Hall–Kier alpha value is -2.15. The van der Waals surface area contributed by atoms with Crippen molar-refractivity contribution in [1.82, 2.24) is 5.32 Å². The summed E-state index contributed by atoms with van der Waals surface area (Å²) in [6, 6.07) is 3.23. The summed E-state index contributed by atoms with van der Waals surface area (Å²) in [5, 5.41) is 22.8. The van der Waals surface area contributed by atoms with Crippen molar-refractivity contribution in [3.8, 4) is 0 Å². The standard InChI is InChI=1S/C13H13ClN2O5/c14-7-4-5-9(11(6-7)16(20)21)12(17)15-10-3-1-2-8(10)13(18)19/h4-6,8,10H,1-3H2,(H,15,17)(H,18,19)/t8-,10+/m1/s1. The van der Waals surface area contributed by atoms with Crippen LogP contribution in [0.25, 0.3) is 0 Å². The third-order valence-electron chi connectivity index (χ3n) is 3.55. The maximum Gasteiger partial charge on any atom is 0.308 e. The van der Waals surface area contributed by atoms with Gasteiger partial charge < -0.3 is 10.4 Å². The molecule has 0 radical (unpaired) electrons. The van der Waals surface area contributed by atoms with Crippen molar-refractivity contribution < 1.29 is 19.6 Å². The number of hydrogen-bond donors (Lipinski definition) is 2. The van der Waals surface area contributed by atoms with Gasteiger partial charge >= 0.3 is 5.97 Å². The summed E-state index contributed by atoms with van der Waals surface area (Å²) in [5.41, 5.74) is -0.523. The van der Waals surface area contributed by atoms with Crippen molar-refractivity contribution in [2.45, 2.75) is 25.3 Å². The minimum absolute atomic E-state index is 0.125. The number of nitrogens with one attached hydrogen (secondary N) is 1. The zero-order valence-electron chi connectivity index (χ0n) is 10.9. The molecule has 1 fully saturated rings. The first-order chi connectivity index (χ1) is 9.90. The van der Waals surface area contributed by atoms with E-state index in [1.807, 2.05) is 0 Å². The van der Waals surface area contributed by atoms with Crippen LogP contribution in [0.1, 0.15) is 29.6 Å². The van der Waals surface area contributed by atoms with Crippen LogP contribution in [-0.4, -0.2) is 27.9 Å². The number of carboxylic acid groups (broad SMARTS) is 1. The molecule has 21 heavy (non-hydrogen) atoms. The highest BCUT2D eigenvalue weighted by atomic mass is 35.5. The quantitative estimate of drug-likeness (QED) is 0.654. The predicted molar refractivity (Wildman–Crippen MR) is 74.3 cm³/mol. The Kier molecular flexibility index (Phi) is 4.42. The lowest BCUT2D eigenvalue weighted by molar-refractivity contribution is -0.385. The van der Waals surface area contributed by atoms with Crippen LogP contribution in [0.5, 0.6) is 0 Å². The highest BCUT2D eigenvalue weighted by molar-refractivity contribution is 6.31. The number of aliphatic carboxylic acids is 1. The molecular weight excluding hydrogens is 300 g/mol. The Morgan fingerprint density at radius 1 is 1.38 bits per heavy atom. The van der Waals surface area contributed by atoms with E-state index >= 15 is 0 Å². The summed E-state index contributed by atoms with van der Waals surface area (Å²) >= 11 is 5.69. The molecule has 0 spiro atoms. The molecule has 0 bridgehead atoms. The molecule has 0 unspecified atom stereocenters. The molecule has 2 N–H and O–H groups in total. The molecule has 1 amide bonds. The van der Waals surface area contributed by atoms with Gasteiger partial charge in [-0.1, -0.05) is 18.0 Å². The number of carboxylic acids is 1. The highest BCUT2D eigenvalue weighted by Gasteiger charge is 2.35. The number of carbonyl (C=O) groups excluding carboxylic acids is 1. The second-order valence-electron chi connectivity index (χ2n) is 4.87. The van der Waals surface area contributed by atoms with Crippen LogP contribution >= 0.6 is 11.6 Å². The van der Waals surface area contributed by atoms with Crippen molar-refractivity contribution in [1.29, 1.82) is 0 Å². The van der Waals surface area contributed by atoms with Gasteiger partial charge in [0.05, 0.1) is 10.8 Å². The lowest BCUT2D eigenvalue weighted by atomic mass is 10.0. The average molecular weight is 313 g/mol. The molecule has 1 saturated carbocycles. The maximum atomic E-state index is 12.2. The van der Waals surface area contributed by atoms with Crippen LogP contribution in [0, 0.1) is 16.0 Å². The first-order valence-electron chi connectivity index (χ1n) is 6.37. The van der Waals surface area contributed by atoms with Crippen LogP contribution in [0.15, 0.2) is 18.2 Å². The van der Waals surface area contributed by atoms with Gasteiger partial charge in [-0.3, -0.25) is 19.7 Å². The number of carbonyl (C=O) groups is 2. The first-order valence-corrected chi connectivity index (χ1v) is 6.75. The second kappa shape index (κ2) is 6.09. The van der Waals surface area contributed by atoms with E-state index < -0.39 is 34.4 Å². The maximum absolute atomic E-state index is 12.2. The van der Waals surface area contributed by atoms with Gasteiger partial charge in [-0.15, -0.1) is 0 Å². The van der Waals surface area contributed by atoms with Crippen LogP contribution in [-0.2, 0) is 4.79 Å². The number of halogens is 1. The molecule has 0 aromatic heterocycles. The normalized spacial score (nSPS) is 21.0. The molecule has 112 valence electrons. The van der Waals surface area contributed by atoms with Gasteiger partial charge in [-0.2, -0.15) is 0 Å². The molecule has 0 heterocycles. The summed E-state index contributed by atoms with van der Waals surface area (Å²) in [5.74, 6) is -2.28. The van der Waals surface area contributed by atoms with Crippen molar-refractivity contribution in [2.24, 2.45) is 5.92 Å². The molecule has 1 aliphatic carbocycles. The zero-order valence-corrected chi connectivity index (χ0v) is 11.7. The number of nitro groups is 1. The van der Waals surface area contributed by atoms with Crippen LogP contribution in [0.4, 0.5) is 5.69 Å². The van der Waals surface area contributed by atoms with Gasteiger partial charge in [0, 0.05) is 17.1 Å². The van der Waals surface area contributed by atoms with Gasteiger partial charge in [0.1, 0.15) is 5.56 Å². The lowest BCUT2D eigenvalue weighted by Gasteiger charge is -2.17. The van der Waals surface area contributed by atoms with E-state index in [9.17, 15) is 19.7 Å². The number of amides is 1. The van der Waals surface area contributed by atoms with Crippen LogP contribution < -0.4 is 5.32 Å². The number of rotatable bonds is 4. The van der Waals surface area contributed by atoms with E-state index in [-0.39, 0.29) is 10.6 Å². The molecule has 2 atom stereocenters. The summed E-state index contributed by atoms with van der Waals surface area (Å²) in [7, 11) is 0. The molecular formula is C13H13ClN2O5. The number of nitrogens with zero attached hydrogens (tertiary/aromatic N) is 1. The number of benzene rings is 1. The van der Waals surface area contributed by atoms with Gasteiger partial charge in [0.2, 0.25) is 0 Å². The molecule has 1 aliphatic rings. The van der Waals surface area contributed by atoms with Gasteiger partial charge in [0.25, 0.3) is 11.6 Å². The molecule has 8 heteroatoms. The average Bonchev–Trinajstić information content (AvgIpc) is 2.86. The minimum atomic E-state index is -0.969. The molecule has 0 aliphatic heterocycles. The van der Waals surface area contributed by atoms with Gasteiger partial charge in [0.15, 0.2) is 0 Å².